The zero-order valence-corrected chi connectivity index (χ0v) is 8.13. The Labute approximate surface area is 76.4 Å². The SMILES string of the molecule is CCCC/C=C/[C@@H]1C=CCCC1. The second-order valence-electron chi connectivity index (χ2n) is 3.59. The highest BCUT2D eigenvalue weighted by Crippen LogP contribution is 2.18. The van der Waals surface area contributed by atoms with E-state index in [9.17, 15) is 0 Å². The molecule has 0 radical (unpaired) electrons. The Bertz CT molecular complexity index is 153. The zero-order chi connectivity index (χ0) is 8.65. The molecule has 1 rings (SSSR count). The van der Waals surface area contributed by atoms with Crippen molar-refractivity contribution >= 4 is 0 Å². The molecule has 0 aromatic heterocycles. The van der Waals surface area contributed by atoms with Gasteiger partial charge in [0.05, 0.1) is 0 Å². The predicted octanol–water partition coefficient (Wildman–Crippen LogP) is 4.09. The summed E-state index contributed by atoms with van der Waals surface area (Å²) in [5.74, 6) is 0.746. The highest BCUT2D eigenvalue weighted by Gasteiger charge is 2.02. The maximum Gasteiger partial charge on any atom is -0.00534 e. The smallest absolute Gasteiger partial charge is 0.00534 e. The van der Waals surface area contributed by atoms with Gasteiger partial charge in [0.15, 0.2) is 0 Å². The molecule has 1 aliphatic carbocycles. The maximum atomic E-state index is 2.38. The topological polar surface area (TPSA) is 0 Å². The average Bonchev–Trinajstić information content (AvgIpc) is 2.14. The fourth-order valence-electron chi connectivity index (χ4n) is 1.59. The van der Waals surface area contributed by atoms with Crippen LogP contribution in [0.1, 0.15) is 45.4 Å². The molecule has 0 N–H and O–H groups in total. The molecule has 0 bridgehead atoms. The van der Waals surface area contributed by atoms with Crippen molar-refractivity contribution in [1.29, 1.82) is 0 Å². The Hall–Kier alpha value is -0.520. The summed E-state index contributed by atoms with van der Waals surface area (Å²) in [5.41, 5.74) is 0. The van der Waals surface area contributed by atoms with E-state index in [4.69, 9.17) is 0 Å². The first-order chi connectivity index (χ1) is 5.93. The van der Waals surface area contributed by atoms with Gasteiger partial charge >= 0.3 is 0 Å². The molecular weight excluding hydrogens is 144 g/mol. The quantitative estimate of drug-likeness (QED) is 0.433. The summed E-state index contributed by atoms with van der Waals surface area (Å²) in [7, 11) is 0. The molecule has 0 aromatic rings. The van der Waals surface area contributed by atoms with Crippen LogP contribution in [0.2, 0.25) is 0 Å². The van der Waals surface area contributed by atoms with Crippen molar-refractivity contribution in [2.45, 2.75) is 45.4 Å². The van der Waals surface area contributed by atoms with Gasteiger partial charge in [-0.15, -0.1) is 0 Å². The second-order valence-corrected chi connectivity index (χ2v) is 3.59. The minimum absolute atomic E-state index is 0.746. The Morgan fingerprint density at radius 3 is 3.08 bits per heavy atom. The first-order valence-corrected chi connectivity index (χ1v) is 5.27. The van der Waals surface area contributed by atoms with E-state index in [0.717, 1.165) is 5.92 Å². The highest BCUT2D eigenvalue weighted by atomic mass is 14.1. The summed E-state index contributed by atoms with van der Waals surface area (Å²) >= 11 is 0. The molecule has 0 spiro atoms. The van der Waals surface area contributed by atoms with Gasteiger partial charge in [-0.25, -0.2) is 0 Å². The van der Waals surface area contributed by atoms with Crippen molar-refractivity contribution in [3.05, 3.63) is 24.3 Å². The fourth-order valence-corrected chi connectivity index (χ4v) is 1.59. The molecule has 0 saturated carbocycles. The Balaban J connectivity index is 2.15. The number of hydrogen-bond acceptors (Lipinski definition) is 0. The van der Waals surface area contributed by atoms with Gasteiger partial charge < -0.3 is 0 Å². The monoisotopic (exact) mass is 164 g/mol. The van der Waals surface area contributed by atoms with Crippen molar-refractivity contribution in [1.82, 2.24) is 0 Å². The summed E-state index contributed by atoms with van der Waals surface area (Å²) in [6, 6.07) is 0. The molecule has 0 saturated heterocycles. The second kappa shape index (κ2) is 6.05. The van der Waals surface area contributed by atoms with Gasteiger partial charge in [-0.05, 0) is 31.6 Å². The zero-order valence-electron chi connectivity index (χ0n) is 8.13. The molecule has 0 fully saturated rings. The van der Waals surface area contributed by atoms with E-state index < -0.39 is 0 Å². The molecule has 68 valence electrons. The van der Waals surface area contributed by atoms with Crippen LogP contribution >= 0.6 is 0 Å². The summed E-state index contributed by atoms with van der Waals surface area (Å²) in [6.45, 7) is 2.24. The Morgan fingerprint density at radius 1 is 1.50 bits per heavy atom. The van der Waals surface area contributed by atoms with Crippen LogP contribution in [0.5, 0.6) is 0 Å². The maximum absolute atomic E-state index is 2.38. The van der Waals surface area contributed by atoms with Crippen molar-refractivity contribution in [2.24, 2.45) is 5.92 Å². The molecule has 1 atom stereocenters. The molecule has 0 unspecified atom stereocenters. The molecule has 0 heteroatoms. The van der Waals surface area contributed by atoms with Crippen molar-refractivity contribution < 1.29 is 0 Å². The van der Waals surface area contributed by atoms with E-state index >= 15 is 0 Å². The third-order valence-electron chi connectivity index (χ3n) is 2.40. The number of unbranched alkanes of at least 4 members (excludes halogenated alkanes) is 2. The van der Waals surface area contributed by atoms with Gasteiger partial charge in [-0.3, -0.25) is 0 Å². The van der Waals surface area contributed by atoms with Crippen LogP contribution < -0.4 is 0 Å². The van der Waals surface area contributed by atoms with Crippen LogP contribution in [0.4, 0.5) is 0 Å². The minimum atomic E-state index is 0.746. The molecule has 1 aliphatic rings. The van der Waals surface area contributed by atoms with Crippen molar-refractivity contribution in [2.75, 3.05) is 0 Å². The summed E-state index contributed by atoms with van der Waals surface area (Å²) in [4.78, 5) is 0. The summed E-state index contributed by atoms with van der Waals surface area (Å²) in [5, 5.41) is 0. The lowest BCUT2D eigenvalue weighted by Gasteiger charge is -2.11. The number of rotatable bonds is 4. The van der Waals surface area contributed by atoms with Crippen LogP contribution in [0.3, 0.4) is 0 Å². The van der Waals surface area contributed by atoms with E-state index in [0.29, 0.717) is 0 Å². The third kappa shape index (κ3) is 3.75. The van der Waals surface area contributed by atoms with Gasteiger partial charge in [0.25, 0.3) is 0 Å². The van der Waals surface area contributed by atoms with Crippen molar-refractivity contribution in [3.63, 3.8) is 0 Å². The van der Waals surface area contributed by atoms with E-state index in [-0.39, 0.29) is 0 Å². The van der Waals surface area contributed by atoms with Crippen LogP contribution in [0, 0.1) is 5.92 Å². The van der Waals surface area contributed by atoms with Gasteiger partial charge in [0.2, 0.25) is 0 Å². The average molecular weight is 164 g/mol. The molecule has 0 aliphatic heterocycles. The van der Waals surface area contributed by atoms with E-state index in [1.165, 1.54) is 38.5 Å². The fraction of sp³-hybridized carbons (Fsp3) is 0.667. The molecule has 12 heavy (non-hydrogen) atoms. The van der Waals surface area contributed by atoms with Crippen LogP contribution in [0.15, 0.2) is 24.3 Å². The predicted molar refractivity (Wildman–Crippen MR) is 55.1 cm³/mol. The standard InChI is InChI=1S/C12H20/c1-2-3-4-6-9-12-10-7-5-8-11-12/h6-7,9-10,12H,2-5,8,11H2,1H3/b9-6+/t12-/m1/s1. The normalized spacial score (nSPS) is 23.6. The van der Waals surface area contributed by atoms with Gasteiger partial charge in [0.1, 0.15) is 0 Å². The molecule has 0 nitrogen and oxygen atoms in total. The van der Waals surface area contributed by atoms with E-state index in [2.05, 4.69) is 31.2 Å². The minimum Gasteiger partial charge on any atom is -0.0879 e. The molecular formula is C12H20. The van der Waals surface area contributed by atoms with Gasteiger partial charge in [-0.2, -0.15) is 0 Å². The first kappa shape index (κ1) is 9.57. The van der Waals surface area contributed by atoms with Gasteiger partial charge in [0, 0.05) is 0 Å². The molecule has 0 aromatic carbocycles. The number of hydrogen-bond donors (Lipinski definition) is 0. The van der Waals surface area contributed by atoms with Crippen LogP contribution in [-0.4, -0.2) is 0 Å². The van der Waals surface area contributed by atoms with Crippen molar-refractivity contribution in [3.8, 4) is 0 Å². The lowest BCUT2D eigenvalue weighted by molar-refractivity contribution is 0.628. The Morgan fingerprint density at radius 2 is 2.42 bits per heavy atom. The lowest BCUT2D eigenvalue weighted by atomic mass is 9.95. The van der Waals surface area contributed by atoms with Gasteiger partial charge in [-0.1, -0.05) is 44.1 Å². The highest BCUT2D eigenvalue weighted by molar-refractivity contribution is 5.03. The third-order valence-corrected chi connectivity index (χ3v) is 2.40. The Kier molecular flexibility index (Phi) is 4.82. The first-order valence-electron chi connectivity index (χ1n) is 5.27. The van der Waals surface area contributed by atoms with Crippen LogP contribution in [0.25, 0.3) is 0 Å². The van der Waals surface area contributed by atoms with E-state index in [1.54, 1.807) is 0 Å². The molecule has 0 heterocycles. The summed E-state index contributed by atoms with van der Waals surface area (Å²) in [6.07, 6.45) is 17.3. The van der Waals surface area contributed by atoms with E-state index in [1.807, 2.05) is 0 Å². The lowest BCUT2D eigenvalue weighted by Crippen LogP contribution is -1.95. The summed E-state index contributed by atoms with van der Waals surface area (Å²) < 4.78 is 0. The molecule has 0 amide bonds. The van der Waals surface area contributed by atoms with Crippen LogP contribution in [-0.2, 0) is 0 Å². The largest absolute Gasteiger partial charge is 0.0879 e. The number of allylic oxidation sites excluding steroid dienone is 4.